The van der Waals surface area contributed by atoms with Crippen molar-refractivity contribution in [1.82, 2.24) is 13.9 Å². The molecular weight excluding hydrogens is 470 g/mol. The van der Waals surface area contributed by atoms with E-state index in [9.17, 15) is 21.6 Å². The van der Waals surface area contributed by atoms with Gasteiger partial charge in [0.15, 0.2) is 0 Å². The Balaban J connectivity index is 1.55. The Bertz CT molecular complexity index is 1160. The fourth-order valence-electron chi connectivity index (χ4n) is 3.19. The lowest BCUT2D eigenvalue weighted by atomic mass is 10.2. The van der Waals surface area contributed by atoms with E-state index in [0.717, 1.165) is 4.31 Å². The summed E-state index contributed by atoms with van der Waals surface area (Å²) in [6.45, 7) is 1.13. The standard InChI is InChI=1S/C21H27N3O7S2/c1-23(32(26,27)19-9-5-18(30-2)6-10-19)16-21(25)22-15-17-3-7-20(8-4-17)33(28,29)24-11-13-31-14-12-24/h3-10H,11-16H2,1-2H3,(H,22,25). The molecule has 0 radical (unpaired) electrons. The Labute approximate surface area is 194 Å². The molecule has 0 atom stereocenters. The maximum absolute atomic E-state index is 12.7. The van der Waals surface area contributed by atoms with Crippen LogP contribution in [0.3, 0.4) is 0 Å². The van der Waals surface area contributed by atoms with E-state index in [-0.39, 0.29) is 22.9 Å². The monoisotopic (exact) mass is 497 g/mol. The van der Waals surface area contributed by atoms with Crippen LogP contribution in [0.15, 0.2) is 58.3 Å². The SMILES string of the molecule is COc1ccc(S(=O)(=O)N(C)CC(=O)NCc2ccc(S(=O)(=O)N3CCOCC3)cc2)cc1. The summed E-state index contributed by atoms with van der Waals surface area (Å²) in [5, 5.41) is 2.65. The van der Waals surface area contributed by atoms with Gasteiger partial charge in [0.05, 0.1) is 36.7 Å². The highest BCUT2D eigenvalue weighted by atomic mass is 32.2. The maximum atomic E-state index is 12.7. The first kappa shape index (κ1) is 25.1. The number of rotatable bonds is 9. The van der Waals surface area contributed by atoms with Crippen LogP contribution in [-0.4, -0.2) is 78.4 Å². The molecule has 1 N–H and O–H groups in total. The Morgan fingerprint density at radius 3 is 2.15 bits per heavy atom. The minimum Gasteiger partial charge on any atom is -0.497 e. The van der Waals surface area contributed by atoms with Gasteiger partial charge in [-0.3, -0.25) is 4.79 Å². The average Bonchev–Trinajstić information content (AvgIpc) is 2.83. The second-order valence-corrected chi connectivity index (χ2v) is 11.4. The molecule has 0 bridgehead atoms. The predicted molar refractivity (Wildman–Crippen MR) is 121 cm³/mol. The highest BCUT2D eigenvalue weighted by Gasteiger charge is 2.26. The second kappa shape index (κ2) is 10.6. The smallest absolute Gasteiger partial charge is 0.243 e. The van der Waals surface area contributed by atoms with Gasteiger partial charge in [-0.1, -0.05) is 12.1 Å². The molecule has 0 spiro atoms. The first-order valence-corrected chi connectivity index (χ1v) is 13.1. The van der Waals surface area contributed by atoms with Crippen LogP contribution in [0.2, 0.25) is 0 Å². The molecule has 1 fully saturated rings. The lowest BCUT2D eigenvalue weighted by Gasteiger charge is -2.26. The Hall–Kier alpha value is -2.51. The molecule has 12 heteroatoms. The molecule has 1 heterocycles. The second-order valence-electron chi connectivity index (χ2n) is 7.37. The summed E-state index contributed by atoms with van der Waals surface area (Å²) < 4.78 is 63.2. The third-order valence-corrected chi connectivity index (χ3v) is 8.89. The van der Waals surface area contributed by atoms with Crippen molar-refractivity contribution in [2.24, 2.45) is 0 Å². The first-order chi connectivity index (χ1) is 15.6. The fourth-order valence-corrected chi connectivity index (χ4v) is 5.72. The molecule has 2 aromatic rings. The molecule has 10 nitrogen and oxygen atoms in total. The molecule has 180 valence electrons. The number of hydrogen-bond acceptors (Lipinski definition) is 7. The Kier molecular flexibility index (Phi) is 8.08. The zero-order chi connectivity index (χ0) is 24.1. The highest BCUT2D eigenvalue weighted by Crippen LogP contribution is 2.19. The van der Waals surface area contributed by atoms with E-state index in [1.807, 2.05) is 0 Å². The molecule has 0 aliphatic carbocycles. The maximum Gasteiger partial charge on any atom is 0.243 e. The molecular formula is C21H27N3O7S2. The van der Waals surface area contributed by atoms with Crippen LogP contribution in [0.4, 0.5) is 0 Å². The Morgan fingerprint density at radius 1 is 1.00 bits per heavy atom. The largest absolute Gasteiger partial charge is 0.497 e. The van der Waals surface area contributed by atoms with Crippen molar-refractivity contribution in [2.45, 2.75) is 16.3 Å². The number of benzene rings is 2. The van der Waals surface area contributed by atoms with Crippen LogP contribution in [0.5, 0.6) is 5.75 Å². The van der Waals surface area contributed by atoms with E-state index in [1.165, 1.54) is 54.9 Å². The van der Waals surface area contributed by atoms with E-state index in [1.54, 1.807) is 12.1 Å². The molecule has 1 aliphatic rings. The van der Waals surface area contributed by atoms with Crippen molar-refractivity contribution < 1.29 is 31.1 Å². The summed E-state index contributed by atoms with van der Waals surface area (Å²) in [5.41, 5.74) is 0.685. The van der Waals surface area contributed by atoms with Gasteiger partial charge in [0.25, 0.3) is 0 Å². The summed E-state index contributed by atoms with van der Waals surface area (Å²) in [6.07, 6.45) is 0. The van der Waals surface area contributed by atoms with Crippen LogP contribution >= 0.6 is 0 Å². The van der Waals surface area contributed by atoms with Crippen LogP contribution in [0, 0.1) is 0 Å². The number of morpholine rings is 1. The normalized spacial score (nSPS) is 15.4. The third kappa shape index (κ3) is 6.09. The summed E-state index contributed by atoms with van der Waals surface area (Å²) in [5.74, 6) is 0.0395. The molecule has 0 saturated carbocycles. The average molecular weight is 498 g/mol. The molecule has 3 rings (SSSR count). The van der Waals surface area contributed by atoms with Crippen LogP contribution < -0.4 is 10.1 Å². The zero-order valence-electron chi connectivity index (χ0n) is 18.4. The van der Waals surface area contributed by atoms with Gasteiger partial charge in [-0.05, 0) is 42.0 Å². The lowest BCUT2D eigenvalue weighted by Crippen LogP contribution is -2.40. The fraction of sp³-hybridized carbons (Fsp3) is 0.381. The third-order valence-electron chi connectivity index (χ3n) is 5.15. The number of methoxy groups -OCH3 is 1. The van der Waals surface area contributed by atoms with Crippen molar-refractivity contribution in [3.63, 3.8) is 0 Å². The number of nitrogens with zero attached hydrogens (tertiary/aromatic N) is 2. The topological polar surface area (TPSA) is 122 Å². The number of nitrogens with one attached hydrogen (secondary N) is 1. The van der Waals surface area contributed by atoms with Crippen LogP contribution in [0.1, 0.15) is 5.56 Å². The highest BCUT2D eigenvalue weighted by molar-refractivity contribution is 7.89. The van der Waals surface area contributed by atoms with Gasteiger partial charge >= 0.3 is 0 Å². The number of sulfonamides is 2. The molecule has 33 heavy (non-hydrogen) atoms. The summed E-state index contributed by atoms with van der Waals surface area (Å²) in [6, 6.07) is 12.1. The van der Waals surface area contributed by atoms with E-state index in [0.29, 0.717) is 37.6 Å². The van der Waals surface area contributed by atoms with Crippen molar-refractivity contribution in [1.29, 1.82) is 0 Å². The Morgan fingerprint density at radius 2 is 1.58 bits per heavy atom. The van der Waals surface area contributed by atoms with E-state index < -0.39 is 26.0 Å². The van der Waals surface area contributed by atoms with Crippen molar-refractivity contribution in [2.75, 3.05) is 47.0 Å². The number of carbonyl (C=O) groups excluding carboxylic acids is 1. The number of ether oxygens (including phenoxy) is 2. The van der Waals surface area contributed by atoms with E-state index in [2.05, 4.69) is 5.32 Å². The van der Waals surface area contributed by atoms with Gasteiger partial charge in [-0.15, -0.1) is 0 Å². The number of carbonyl (C=O) groups is 1. The van der Waals surface area contributed by atoms with Gasteiger partial charge in [-0.25, -0.2) is 16.8 Å². The van der Waals surface area contributed by atoms with Crippen molar-refractivity contribution in [3.8, 4) is 5.75 Å². The molecule has 0 aromatic heterocycles. The number of amides is 1. The van der Waals surface area contributed by atoms with Gasteiger partial charge in [-0.2, -0.15) is 8.61 Å². The summed E-state index contributed by atoms with van der Waals surface area (Å²) in [7, 11) is -4.62. The summed E-state index contributed by atoms with van der Waals surface area (Å²) in [4.78, 5) is 12.5. The zero-order valence-corrected chi connectivity index (χ0v) is 20.1. The summed E-state index contributed by atoms with van der Waals surface area (Å²) >= 11 is 0. The predicted octanol–water partition coefficient (Wildman–Crippen LogP) is 0.653. The van der Waals surface area contributed by atoms with Crippen molar-refractivity contribution in [3.05, 3.63) is 54.1 Å². The van der Waals surface area contributed by atoms with E-state index >= 15 is 0 Å². The number of hydrogen-bond donors (Lipinski definition) is 1. The van der Waals surface area contributed by atoms with Crippen molar-refractivity contribution >= 4 is 26.0 Å². The van der Waals surface area contributed by atoms with Gasteiger partial charge < -0.3 is 14.8 Å². The van der Waals surface area contributed by atoms with Gasteiger partial charge in [0, 0.05) is 26.7 Å². The molecule has 2 aromatic carbocycles. The molecule has 1 amide bonds. The molecule has 1 aliphatic heterocycles. The minimum atomic E-state index is -3.84. The lowest BCUT2D eigenvalue weighted by molar-refractivity contribution is -0.121. The van der Waals surface area contributed by atoms with Gasteiger partial charge in [0.2, 0.25) is 26.0 Å². The number of likely N-dealkylation sites (N-methyl/N-ethyl adjacent to an activating group) is 1. The molecule has 1 saturated heterocycles. The van der Waals surface area contributed by atoms with Crippen LogP contribution in [0.25, 0.3) is 0 Å². The molecule has 0 unspecified atom stereocenters. The van der Waals surface area contributed by atoms with Crippen LogP contribution in [-0.2, 0) is 36.1 Å². The van der Waals surface area contributed by atoms with Gasteiger partial charge in [0.1, 0.15) is 5.75 Å². The minimum absolute atomic E-state index is 0.0515. The first-order valence-electron chi connectivity index (χ1n) is 10.2. The quantitative estimate of drug-likeness (QED) is 0.540. The van der Waals surface area contributed by atoms with E-state index in [4.69, 9.17) is 9.47 Å².